The van der Waals surface area contributed by atoms with E-state index in [1.54, 1.807) is 0 Å². The second-order valence-electron chi connectivity index (χ2n) is 5.69. The van der Waals surface area contributed by atoms with Crippen molar-refractivity contribution in [3.05, 3.63) is 41.5 Å². The van der Waals surface area contributed by atoms with Crippen LogP contribution in [0.15, 0.2) is 28.8 Å². The Kier molecular flexibility index (Phi) is 5.39. The fourth-order valence-electron chi connectivity index (χ4n) is 2.65. The number of hydrogen-bond acceptors (Lipinski definition) is 5. The third kappa shape index (κ3) is 3.99. The highest BCUT2D eigenvalue weighted by Gasteiger charge is 2.36. The topological polar surface area (TPSA) is 74.2 Å². The second kappa shape index (κ2) is 6.98. The van der Waals surface area contributed by atoms with E-state index >= 15 is 0 Å². The lowest BCUT2D eigenvalue weighted by Crippen LogP contribution is -2.34. The predicted molar refractivity (Wildman–Crippen MR) is 81.7 cm³/mol. The Balaban J connectivity index is 0.00000208. The van der Waals surface area contributed by atoms with Crippen LogP contribution in [-0.4, -0.2) is 10.1 Å². The molecule has 0 bridgehead atoms. The predicted octanol–water partition coefficient (Wildman–Crippen LogP) is 3.82. The molecular weight excluding hydrogens is 347 g/mol. The number of rotatable bonds is 4. The van der Waals surface area contributed by atoms with Crippen molar-refractivity contribution in [2.75, 3.05) is 0 Å². The average Bonchev–Trinajstić information content (AvgIpc) is 3.14. The van der Waals surface area contributed by atoms with Crippen molar-refractivity contribution in [3.63, 3.8) is 0 Å². The fourth-order valence-corrected chi connectivity index (χ4v) is 2.65. The SMILES string of the molecule is Cl.NC1(c2noc(COc3cccc(C(F)(F)F)c3)n2)CCCC1. The number of aromatic nitrogens is 2. The molecule has 0 unspecified atom stereocenters. The molecule has 1 saturated carbocycles. The normalized spacial score (nSPS) is 16.7. The third-order valence-corrected chi connectivity index (χ3v) is 3.93. The molecule has 1 aromatic heterocycles. The van der Waals surface area contributed by atoms with Gasteiger partial charge in [0.2, 0.25) is 0 Å². The summed E-state index contributed by atoms with van der Waals surface area (Å²) in [6, 6.07) is 4.63. The molecule has 3 rings (SSSR count). The van der Waals surface area contributed by atoms with Crippen molar-refractivity contribution in [2.24, 2.45) is 5.73 Å². The molecule has 2 N–H and O–H groups in total. The first-order chi connectivity index (χ1) is 10.9. The van der Waals surface area contributed by atoms with Crippen LogP contribution in [0.1, 0.15) is 43.0 Å². The van der Waals surface area contributed by atoms with Crippen molar-refractivity contribution in [1.29, 1.82) is 0 Å². The average molecular weight is 364 g/mol. The van der Waals surface area contributed by atoms with E-state index in [-0.39, 0.29) is 30.7 Å². The van der Waals surface area contributed by atoms with Crippen LogP contribution in [0.3, 0.4) is 0 Å². The van der Waals surface area contributed by atoms with E-state index < -0.39 is 17.3 Å². The molecule has 1 aliphatic carbocycles. The zero-order valence-corrected chi connectivity index (χ0v) is 13.5. The Labute approximate surface area is 142 Å². The van der Waals surface area contributed by atoms with Crippen molar-refractivity contribution in [3.8, 4) is 5.75 Å². The van der Waals surface area contributed by atoms with Gasteiger partial charge in [-0.3, -0.25) is 0 Å². The third-order valence-electron chi connectivity index (χ3n) is 3.93. The summed E-state index contributed by atoms with van der Waals surface area (Å²) in [5.41, 5.74) is 4.88. The van der Waals surface area contributed by atoms with Gasteiger partial charge < -0.3 is 15.0 Å². The van der Waals surface area contributed by atoms with E-state index in [2.05, 4.69) is 10.1 Å². The van der Waals surface area contributed by atoms with Gasteiger partial charge in [0.05, 0.1) is 11.1 Å². The van der Waals surface area contributed by atoms with Crippen molar-refractivity contribution >= 4 is 12.4 Å². The lowest BCUT2D eigenvalue weighted by atomic mass is 9.99. The number of halogens is 4. The Morgan fingerprint density at radius 2 is 1.96 bits per heavy atom. The molecule has 0 radical (unpaired) electrons. The van der Waals surface area contributed by atoms with Gasteiger partial charge in [-0.15, -0.1) is 12.4 Å². The molecule has 1 aromatic carbocycles. The highest BCUT2D eigenvalue weighted by atomic mass is 35.5. The van der Waals surface area contributed by atoms with Crippen LogP contribution in [-0.2, 0) is 18.3 Å². The molecule has 9 heteroatoms. The number of benzene rings is 1. The minimum absolute atomic E-state index is 0. The molecular formula is C15H17ClF3N3O2. The molecule has 132 valence electrons. The maximum Gasteiger partial charge on any atom is 0.416 e. The highest BCUT2D eigenvalue weighted by Crippen LogP contribution is 2.35. The van der Waals surface area contributed by atoms with Gasteiger partial charge in [-0.2, -0.15) is 18.2 Å². The first kappa shape index (κ1) is 18.5. The van der Waals surface area contributed by atoms with Gasteiger partial charge in [0.25, 0.3) is 5.89 Å². The summed E-state index contributed by atoms with van der Waals surface area (Å²) < 4.78 is 48.3. The van der Waals surface area contributed by atoms with Crippen LogP contribution in [0.4, 0.5) is 13.2 Å². The number of nitrogens with two attached hydrogens (primary N) is 1. The zero-order valence-electron chi connectivity index (χ0n) is 12.7. The van der Waals surface area contributed by atoms with Gasteiger partial charge in [-0.1, -0.05) is 24.1 Å². The fraction of sp³-hybridized carbons (Fsp3) is 0.467. The molecule has 2 aromatic rings. The minimum atomic E-state index is -4.41. The molecule has 0 saturated heterocycles. The standard InChI is InChI=1S/C15H16F3N3O2.ClH/c16-15(17,18)10-4-3-5-11(8-10)22-9-12-20-13(21-23-12)14(19)6-1-2-7-14;/h3-5,8H,1-2,6-7,9,19H2;1H. The van der Waals surface area contributed by atoms with Crippen LogP contribution in [0.5, 0.6) is 5.75 Å². The van der Waals surface area contributed by atoms with Crippen molar-refractivity contribution < 1.29 is 22.4 Å². The summed E-state index contributed by atoms with van der Waals surface area (Å²) in [4.78, 5) is 4.20. The molecule has 0 atom stereocenters. The zero-order chi connectivity index (χ0) is 16.5. The lowest BCUT2D eigenvalue weighted by Gasteiger charge is -2.17. The monoisotopic (exact) mass is 363 g/mol. The van der Waals surface area contributed by atoms with E-state index in [4.69, 9.17) is 15.0 Å². The summed E-state index contributed by atoms with van der Waals surface area (Å²) in [6.07, 6.45) is -0.797. The van der Waals surface area contributed by atoms with Crippen LogP contribution in [0, 0.1) is 0 Å². The number of hydrogen-bond donors (Lipinski definition) is 1. The molecule has 1 fully saturated rings. The second-order valence-corrected chi connectivity index (χ2v) is 5.69. The van der Waals surface area contributed by atoms with E-state index in [0.717, 1.165) is 37.8 Å². The quantitative estimate of drug-likeness (QED) is 0.893. The van der Waals surface area contributed by atoms with E-state index in [9.17, 15) is 13.2 Å². The number of nitrogens with zero attached hydrogens (tertiary/aromatic N) is 2. The van der Waals surface area contributed by atoms with Crippen LogP contribution < -0.4 is 10.5 Å². The van der Waals surface area contributed by atoms with Crippen LogP contribution in [0.2, 0.25) is 0 Å². The van der Waals surface area contributed by atoms with E-state index in [0.29, 0.717) is 5.82 Å². The molecule has 24 heavy (non-hydrogen) atoms. The van der Waals surface area contributed by atoms with Crippen LogP contribution >= 0.6 is 12.4 Å². The molecule has 0 aliphatic heterocycles. The maximum atomic E-state index is 12.6. The van der Waals surface area contributed by atoms with Gasteiger partial charge in [-0.05, 0) is 31.0 Å². The molecule has 1 aliphatic rings. The summed E-state index contributed by atoms with van der Waals surface area (Å²) in [7, 11) is 0. The molecule has 0 spiro atoms. The van der Waals surface area contributed by atoms with E-state index in [1.807, 2.05) is 0 Å². The summed E-state index contributed by atoms with van der Waals surface area (Å²) in [6.45, 7) is -0.107. The van der Waals surface area contributed by atoms with Gasteiger partial charge in [0, 0.05) is 0 Å². The van der Waals surface area contributed by atoms with Gasteiger partial charge in [0.15, 0.2) is 12.4 Å². The Bertz CT molecular complexity index is 685. The molecule has 0 amide bonds. The summed E-state index contributed by atoms with van der Waals surface area (Å²) in [5, 5.41) is 3.87. The maximum absolute atomic E-state index is 12.6. The van der Waals surface area contributed by atoms with Gasteiger partial charge in [-0.25, -0.2) is 0 Å². The van der Waals surface area contributed by atoms with Crippen molar-refractivity contribution in [1.82, 2.24) is 10.1 Å². The largest absolute Gasteiger partial charge is 0.484 e. The minimum Gasteiger partial charge on any atom is -0.484 e. The lowest BCUT2D eigenvalue weighted by molar-refractivity contribution is -0.137. The summed E-state index contributed by atoms with van der Waals surface area (Å²) in [5.74, 6) is 0.703. The Morgan fingerprint density at radius 1 is 1.25 bits per heavy atom. The molecule has 1 heterocycles. The van der Waals surface area contributed by atoms with Gasteiger partial charge >= 0.3 is 6.18 Å². The number of ether oxygens (including phenoxy) is 1. The first-order valence-electron chi connectivity index (χ1n) is 7.29. The smallest absolute Gasteiger partial charge is 0.416 e. The number of alkyl halides is 3. The first-order valence-corrected chi connectivity index (χ1v) is 7.29. The summed E-state index contributed by atoms with van der Waals surface area (Å²) >= 11 is 0. The van der Waals surface area contributed by atoms with Crippen molar-refractivity contribution in [2.45, 2.75) is 44.0 Å². The highest BCUT2D eigenvalue weighted by molar-refractivity contribution is 5.85. The van der Waals surface area contributed by atoms with Gasteiger partial charge in [0.1, 0.15) is 5.75 Å². The van der Waals surface area contributed by atoms with Crippen LogP contribution in [0.25, 0.3) is 0 Å². The Hall–Kier alpha value is -1.80. The molecule has 5 nitrogen and oxygen atoms in total. The van der Waals surface area contributed by atoms with E-state index in [1.165, 1.54) is 12.1 Å². The Morgan fingerprint density at radius 3 is 2.62 bits per heavy atom.